The fourth-order valence-electron chi connectivity index (χ4n) is 0.690. The highest BCUT2D eigenvalue weighted by atomic mass is 19.3. The van der Waals surface area contributed by atoms with Gasteiger partial charge in [-0.25, -0.2) is 10.8 Å². The topological polar surface area (TPSA) is 60.2 Å². The lowest BCUT2D eigenvalue weighted by Gasteiger charge is -2.07. The minimum absolute atomic E-state index is 0.0741. The molecule has 0 aliphatic heterocycles. The quantitative estimate of drug-likeness (QED) is 0.530. The van der Waals surface area contributed by atoms with Crippen LogP contribution in [-0.4, -0.2) is 11.6 Å². The number of hydrazine groups is 1. The van der Waals surface area contributed by atoms with Crippen molar-refractivity contribution in [2.45, 2.75) is 6.61 Å². The normalized spacial score (nSPS) is 10.0. The van der Waals surface area contributed by atoms with Gasteiger partial charge in [0, 0.05) is 6.20 Å². The smallest absolute Gasteiger partial charge is 0.387 e. The third kappa shape index (κ3) is 2.03. The van der Waals surface area contributed by atoms with Crippen LogP contribution in [0.5, 0.6) is 5.75 Å². The van der Waals surface area contributed by atoms with Gasteiger partial charge in [-0.15, -0.1) is 0 Å². The molecule has 3 N–H and O–H groups in total. The van der Waals surface area contributed by atoms with E-state index in [9.17, 15) is 8.78 Å². The maximum Gasteiger partial charge on any atom is 0.387 e. The number of alkyl halides is 2. The third-order valence-electron chi connectivity index (χ3n) is 1.12. The Kier molecular flexibility index (Phi) is 2.76. The van der Waals surface area contributed by atoms with E-state index in [1.807, 2.05) is 0 Å². The van der Waals surface area contributed by atoms with Gasteiger partial charge in [-0.2, -0.15) is 8.78 Å². The van der Waals surface area contributed by atoms with E-state index in [0.717, 1.165) is 0 Å². The van der Waals surface area contributed by atoms with Crippen molar-refractivity contribution in [1.82, 2.24) is 4.98 Å². The van der Waals surface area contributed by atoms with E-state index in [1.165, 1.54) is 18.3 Å². The van der Waals surface area contributed by atoms with E-state index in [0.29, 0.717) is 0 Å². The van der Waals surface area contributed by atoms with Crippen LogP contribution in [0.4, 0.5) is 14.6 Å². The van der Waals surface area contributed by atoms with Gasteiger partial charge in [-0.3, -0.25) is 0 Å². The summed E-state index contributed by atoms with van der Waals surface area (Å²) in [5, 5.41) is 0. The molecule has 0 unspecified atom stereocenters. The van der Waals surface area contributed by atoms with Crippen molar-refractivity contribution in [3.05, 3.63) is 18.3 Å². The van der Waals surface area contributed by atoms with Gasteiger partial charge in [0.25, 0.3) is 0 Å². The predicted octanol–water partition coefficient (Wildman–Crippen LogP) is 0.969. The van der Waals surface area contributed by atoms with E-state index in [4.69, 9.17) is 5.84 Å². The summed E-state index contributed by atoms with van der Waals surface area (Å²) in [6, 6.07) is 2.81. The van der Waals surface area contributed by atoms with Crippen molar-refractivity contribution in [2.24, 2.45) is 5.84 Å². The zero-order valence-corrected chi connectivity index (χ0v) is 6.00. The molecule has 0 saturated carbocycles. The van der Waals surface area contributed by atoms with Crippen molar-refractivity contribution >= 4 is 5.82 Å². The van der Waals surface area contributed by atoms with Gasteiger partial charge < -0.3 is 10.2 Å². The first-order valence-corrected chi connectivity index (χ1v) is 3.10. The fourth-order valence-corrected chi connectivity index (χ4v) is 0.690. The second-order valence-electron chi connectivity index (χ2n) is 1.87. The lowest BCUT2D eigenvalue weighted by Crippen LogP contribution is -2.12. The minimum Gasteiger partial charge on any atom is -0.431 e. The minimum atomic E-state index is -2.87. The first-order chi connectivity index (χ1) is 5.74. The summed E-state index contributed by atoms with van der Waals surface area (Å²) in [5.74, 6) is 5.00. The van der Waals surface area contributed by atoms with Gasteiger partial charge >= 0.3 is 6.61 Å². The number of ether oxygens (including phenoxy) is 1. The van der Waals surface area contributed by atoms with Crippen LogP contribution in [0.2, 0.25) is 0 Å². The van der Waals surface area contributed by atoms with Gasteiger partial charge in [0.15, 0.2) is 11.6 Å². The Hall–Kier alpha value is -1.43. The Balaban J connectivity index is 2.82. The number of pyridine rings is 1. The summed E-state index contributed by atoms with van der Waals surface area (Å²) in [4.78, 5) is 3.66. The Bertz CT molecular complexity index is 256. The highest BCUT2D eigenvalue weighted by Crippen LogP contribution is 2.21. The summed E-state index contributed by atoms with van der Waals surface area (Å²) in [6.07, 6.45) is 1.41. The molecule has 1 aromatic rings. The Labute approximate surface area is 67.3 Å². The number of nitrogens with one attached hydrogen (secondary N) is 1. The number of nitrogens with two attached hydrogens (primary N) is 1. The third-order valence-corrected chi connectivity index (χ3v) is 1.12. The number of hydrogen-bond donors (Lipinski definition) is 2. The zero-order valence-electron chi connectivity index (χ0n) is 6.00. The molecule has 0 aliphatic carbocycles. The second-order valence-corrected chi connectivity index (χ2v) is 1.87. The molecule has 4 nitrogen and oxygen atoms in total. The highest BCUT2D eigenvalue weighted by Gasteiger charge is 2.08. The van der Waals surface area contributed by atoms with Crippen LogP contribution >= 0.6 is 0 Å². The second kappa shape index (κ2) is 3.82. The van der Waals surface area contributed by atoms with Gasteiger partial charge in [0.05, 0.1) is 0 Å². The average Bonchev–Trinajstić information content (AvgIpc) is 2.04. The lowest BCUT2D eigenvalue weighted by atomic mass is 10.4. The molecule has 0 amide bonds. The average molecular weight is 175 g/mol. The van der Waals surface area contributed by atoms with E-state index in [1.54, 1.807) is 0 Å². The number of aromatic nitrogens is 1. The molecule has 0 spiro atoms. The van der Waals surface area contributed by atoms with Crippen LogP contribution in [0.1, 0.15) is 0 Å². The van der Waals surface area contributed by atoms with E-state index in [2.05, 4.69) is 15.1 Å². The molecule has 0 bridgehead atoms. The van der Waals surface area contributed by atoms with Crippen molar-refractivity contribution < 1.29 is 13.5 Å². The number of rotatable bonds is 3. The molecule has 0 saturated heterocycles. The Morgan fingerprint density at radius 1 is 1.58 bits per heavy atom. The van der Waals surface area contributed by atoms with E-state index in [-0.39, 0.29) is 11.6 Å². The monoisotopic (exact) mass is 175 g/mol. The van der Waals surface area contributed by atoms with Crippen LogP contribution in [0.3, 0.4) is 0 Å². The first-order valence-electron chi connectivity index (χ1n) is 3.10. The highest BCUT2D eigenvalue weighted by molar-refractivity contribution is 5.48. The molecule has 0 aliphatic rings. The van der Waals surface area contributed by atoms with Crippen LogP contribution in [-0.2, 0) is 0 Å². The number of hydrogen-bond acceptors (Lipinski definition) is 4. The molecular weight excluding hydrogens is 168 g/mol. The van der Waals surface area contributed by atoms with E-state index >= 15 is 0 Å². The maximum atomic E-state index is 11.7. The van der Waals surface area contributed by atoms with Crippen LogP contribution in [0.25, 0.3) is 0 Å². The summed E-state index contributed by atoms with van der Waals surface area (Å²) < 4.78 is 27.5. The summed E-state index contributed by atoms with van der Waals surface area (Å²) in [6.45, 7) is -2.87. The fraction of sp³-hybridized carbons (Fsp3) is 0.167. The molecule has 66 valence electrons. The van der Waals surface area contributed by atoms with Gasteiger partial charge in [0.1, 0.15) is 0 Å². The number of anilines is 1. The number of nitrogen functional groups attached to an aromatic ring is 1. The maximum absolute atomic E-state index is 11.7. The lowest BCUT2D eigenvalue weighted by molar-refractivity contribution is -0.0495. The van der Waals surface area contributed by atoms with Crippen LogP contribution < -0.4 is 16.0 Å². The van der Waals surface area contributed by atoms with Crippen molar-refractivity contribution in [3.63, 3.8) is 0 Å². The Morgan fingerprint density at radius 2 is 2.33 bits per heavy atom. The zero-order chi connectivity index (χ0) is 8.97. The molecule has 0 fully saturated rings. The van der Waals surface area contributed by atoms with Crippen LogP contribution in [0.15, 0.2) is 18.3 Å². The molecule has 6 heteroatoms. The molecule has 12 heavy (non-hydrogen) atoms. The van der Waals surface area contributed by atoms with Crippen molar-refractivity contribution in [3.8, 4) is 5.75 Å². The molecule has 0 radical (unpaired) electrons. The number of halogens is 2. The Morgan fingerprint density at radius 3 is 2.92 bits per heavy atom. The standard InChI is InChI=1S/C6H7F2N3O/c7-6(8)12-4-2-1-3-10-5(4)11-9/h1-3,6H,9H2,(H,10,11). The van der Waals surface area contributed by atoms with Crippen LogP contribution in [0, 0.1) is 0 Å². The van der Waals surface area contributed by atoms with Crippen molar-refractivity contribution in [1.29, 1.82) is 0 Å². The van der Waals surface area contributed by atoms with Gasteiger partial charge in [-0.1, -0.05) is 0 Å². The molecule has 1 aromatic heterocycles. The van der Waals surface area contributed by atoms with Gasteiger partial charge in [0.2, 0.25) is 0 Å². The largest absolute Gasteiger partial charge is 0.431 e. The molecule has 1 heterocycles. The van der Waals surface area contributed by atoms with Crippen molar-refractivity contribution in [2.75, 3.05) is 5.43 Å². The van der Waals surface area contributed by atoms with Gasteiger partial charge in [-0.05, 0) is 12.1 Å². The van der Waals surface area contributed by atoms with E-state index < -0.39 is 6.61 Å². The first kappa shape index (κ1) is 8.66. The predicted molar refractivity (Wildman–Crippen MR) is 38.7 cm³/mol. The summed E-state index contributed by atoms with van der Waals surface area (Å²) in [5.41, 5.74) is 2.13. The molecule has 0 aromatic carbocycles. The summed E-state index contributed by atoms with van der Waals surface area (Å²) in [7, 11) is 0. The number of nitrogens with zero attached hydrogens (tertiary/aromatic N) is 1. The molecule has 1 rings (SSSR count). The molecular formula is C6H7F2N3O. The molecule has 0 atom stereocenters. The SMILES string of the molecule is NNc1ncccc1OC(F)F. The summed E-state index contributed by atoms with van der Waals surface area (Å²) >= 11 is 0.